The van der Waals surface area contributed by atoms with Crippen molar-refractivity contribution in [2.75, 3.05) is 0 Å². The predicted molar refractivity (Wildman–Crippen MR) is 25.0 cm³/mol. The molecule has 0 atom stereocenters. The van der Waals surface area contributed by atoms with E-state index in [1.54, 1.807) is 5.94 Å². The van der Waals surface area contributed by atoms with Gasteiger partial charge in [-0.25, -0.2) is 4.79 Å². The summed E-state index contributed by atoms with van der Waals surface area (Å²) in [6.07, 6.45) is 1.51. The second-order valence-electron chi connectivity index (χ2n) is 0.730. The zero-order valence-corrected chi connectivity index (χ0v) is 5.19. The van der Waals surface area contributed by atoms with Crippen molar-refractivity contribution < 1.29 is 4.79 Å². The molecule has 0 amide bonds. The summed E-state index contributed by atoms with van der Waals surface area (Å²) in [7, 11) is 1.08. The van der Waals surface area contributed by atoms with Gasteiger partial charge in [-0.15, -0.1) is 0 Å². The van der Waals surface area contributed by atoms with Crippen LogP contribution >= 0.6 is 0 Å². The zero-order valence-electron chi connectivity index (χ0n) is 3.19. The molecule has 0 aromatic rings. The van der Waals surface area contributed by atoms with Crippen LogP contribution in [0.15, 0.2) is 6.08 Å². The molecule has 0 radical (unpaired) electrons. The molecule has 0 unspecified atom stereocenters. The summed E-state index contributed by atoms with van der Waals surface area (Å²) < 4.78 is 0. The van der Waals surface area contributed by atoms with Crippen molar-refractivity contribution in [1.29, 1.82) is 0 Å². The average Bonchev–Trinajstić information content (AvgIpc) is 1.41. The quantitative estimate of drug-likeness (QED) is 0.300. The Morgan fingerprint density at radius 1 is 2.00 bits per heavy atom. The first-order chi connectivity index (χ1) is 2.41. The van der Waals surface area contributed by atoms with Gasteiger partial charge in [-0.3, -0.25) is 0 Å². The molecule has 1 nitrogen and oxygen atoms in total. The minimum absolute atomic E-state index is 0.934. The van der Waals surface area contributed by atoms with Crippen LogP contribution in [0.3, 0.4) is 0 Å². The second-order valence-corrected chi connectivity index (χ2v) is 1.55. The predicted octanol–water partition coefficient (Wildman–Crippen LogP) is -0.842. The van der Waals surface area contributed by atoms with Gasteiger partial charge in [0.15, 0.2) is 0 Å². The standard InChI is InChI=1S/C3H6OSi/c4-2-1-3-5/h1H,3H2,5H3. The molecule has 5 heavy (non-hydrogen) atoms. The van der Waals surface area contributed by atoms with E-state index in [-0.39, 0.29) is 0 Å². The van der Waals surface area contributed by atoms with Crippen molar-refractivity contribution in [3.63, 3.8) is 0 Å². The Morgan fingerprint density at radius 3 is 2.60 bits per heavy atom. The van der Waals surface area contributed by atoms with E-state index < -0.39 is 0 Å². The molecule has 0 aromatic carbocycles. The molecular weight excluding hydrogens is 80.1 g/mol. The summed E-state index contributed by atoms with van der Waals surface area (Å²) in [6, 6.07) is 0.934. The summed E-state index contributed by atoms with van der Waals surface area (Å²) >= 11 is 0. The topological polar surface area (TPSA) is 17.1 Å². The van der Waals surface area contributed by atoms with Gasteiger partial charge in [0.1, 0.15) is 5.94 Å². The number of rotatable bonds is 1. The maximum atomic E-state index is 9.25. The van der Waals surface area contributed by atoms with Crippen LogP contribution in [-0.4, -0.2) is 16.2 Å². The van der Waals surface area contributed by atoms with Gasteiger partial charge in [0.05, 0.1) is 0 Å². The van der Waals surface area contributed by atoms with Crippen molar-refractivity contribution in [2.24, 2.45) is 0 Å². The van der Waals surface area contributed by atoms with E-state index in [2.05, 4.69) is 0 Å². The third-order valence-electron chi connectivity index (χ3n) is 0.287. The summed E-state index contributed by atoms with van der Waals surface area (Å²) in [6.45, 7) is 0. The summed E-state index contributed by atoms with van der Waals surface area (Å²) in [4.78, 5) is 9.25. The van der Waals surface area contributed by atoms with Crippen molar-refractivity contribution in [2.45, 2.75) is 6.04 Å². The highest BCUT2D eigenvalue weighted by molar-refractivity contribution is 6.10. The molecule has 0 aliphatic rings. The molecule has 0 heterocycles. The van der Waals surface area contributed by atoms with Crippen LogP contribution in [0.4, 0.5) is 0 Å². The Bertz CT molecular complexity index is 53.9. The molecule has 28 valence electrons. The smallest absolute Gasteiger partial charge is 0.119 e. The molecule has 0 aliphatic carbocycles. The fourth-order valence-electron chi connectivity index (χ4n) is 0.0833. The van der Waals surface area contributed by atoms with E-state index >= 15 is 0 Å². The minimum Gasteiger partial charge on any atom is -0.234 e. The van der Waals surface area contributed by atoms with Gasteiger partial charge in [0.2, 0.25) is 0 Å². The molecule has 0 saturated carbocycles. The lowest BCUT2D eigenvalue weighted by molar-refractivity contribution is 0.568. The summed E-state index contributed by atoms with van der Waals surface area (Å²) in [5, 5.41) is 0. The summed E-state index contributed by atoms with van der Waals surface area (Å²) in [5.41, 5.74) is 0. The highest BCUT2D eigenvalue weighted by Crippen LogP contribution is 1.60. The van der Waals surface area contributed by atoms with E-state index in [0.29, 0.717) is 0 Å². The molecule has 0 aromatic heterocycles. The lowest BCUT2D eigenvalue weighted by Crippen LogP contribution is -1.53. The zero-order chi connectivity index (χ0) is 4.12. The first-order valence-electron chi connectivity index (χ1n) is 1.61. The van der Waals surface area contributed by atoms with Gasteiger partial charge >= 0.3 is 0 Å². The maximum absolute atomic E-state index is 9.25. The minimum atomic E-state index is 0.934. The second kappa shape index (κ2) is 3.67. The van der Waals surface area contributed by atoms with Crippen LogP contribution in [-0.2, 0) is 4.79 Å². The molecule has 0 rings (SSSR count). The van der Waals surface area contributed by atoms with Gasteiger partial charge in [0, 0.05) is 10.2 Å². The molecular formula is C3H6OSi. The van der Waals surface area contributed by atoms with Gasteiger partial charge in [-0.2, -0.15) is 0 Å². The molecule has 0 saturated heterocycles. The Kier molecular flexibility index (Phi) is 3.42. The van der Waals surface area contributed by atoms with Crippen LogP contribution < -0.4 is 0 Å². The fourth-order valence-corrected chi connectivity index (χ4v) is 0.250. The Labute approximate surface area is 34.1 Å². The van der Waals surface area contributed by atoms with Crippen molar-refractivity contribution >= 4 is 16.2 Å². The van der Waals surface area contributed by atoms with Crippen molar-refractivity contribution in [3.05, 3.63) is 6.08 Å². The van der Waals surface area contributed by atoms with E-state index in [0.717, 1.165) is 16.3 Å². The number of carbonyl (C=O) groups excluding carboxylic acids is 1. The highest BCUT2D eigenvalue weighted by Gasteiger charge is 1.53. The van der Waals surface area contributed by atoms with Crippen LogP contribution in [0.2, 0.25) is 6.04 Å². The Hall–Kier alpha value is -0.333. The monoisotopic (exact) mass is 86.0 g/mol. The number of hydrogen-bond donors (Lipinski definition) is 0. The number of hydrogen-bond acceptors (Lipinski definition) is 1. The SMILES string of the molecule is O=C=CC[SiH3]. The Morgan fingerprint density at radius 2 is 2.60 bits per heavy atom. The molecule has 0 bridgehead atoms. The fraction of sp³-hybridized carbons (Fsp3) is 0.333. The third-order valence-corrected chi connectivity index (χ3v) is 0.696. The molecule has 2 heteroatoms. The Balaban J connectivity index is 2.93. The normalized spacial score (nSPS) is 6.40. The van der Waals surface area contributed by atoms with E-state index in [1.165, 1.54) is 6.08 Å². The lowest BCUT2D eigenvalue weighted by atomic mass is 10.8. The maximum Gasteiger partial charge on any atom is 0.119 e. The van der Waals surface area contributed by atoms with Crippen LogP contribution in [0.1, 0.15) is 0 Å². The first kappa shape index (κ1) is 4.67. The molecule has 0 fully saturated rings. The van der Waals surface area contributed by atoms with E-state index in [1.807, 2.05) is 0 Å². The van der Waals surface area contributed by atoms with Gasteiger partial charge < -0.3 is 0 Å². The van der Waals surface area contributed by atoms with E-state index in [9.17, 15) is 4.79 Å². The third kappa shape index (κ3) is 3.67. The average molecular weight is 86.2 g/mol. The van der Waals surface area contributed by atoms with Crippen LogP contribution in [0, 0.1) is 0 Å². The molecule has 0 N–H and O–H groups in total. The lowest BCUT2D eigenvalue weighted by Gasteiger charge is -1.55. The first-order valence-corrected chi connectivity index (χ1v) is 3.02. The largest absolute Gasteiger partial charge is 0.234 e. The van der Waals surface area contributed by atoms with Gasteiger partial charge in [-0.05, 0) is 12.1 Å². The number of allylic oxidation sites excluding steroid dienone is 1. The van der Waals surface area contributed by atoms with E-state index in [4.69, 9.17) is 0 Å². The van der Waals surface area contributed by atoms with Crippen LogP contribution in [0.5, 0.6) is 0 Å². The van der Waals surface area contributed by atoms with Crippen LogP contribution in [0.25, 0.3) is 0 Å². The van der Waals surface area contributed by atoms with Crippen molar-refractivity contribution in [3.8, 4) is 0 Å². The molecule has 0 aliphatic heterocycles. The highest BCUT2D eigenvalue weighted by atomic mass is 28.1. The van der Waals surface area contributed by atoms with Crippen molar-refractivity contribution in [1.82, 2.24) is 0 Å². The van der Waals surface area contributed by atoms with Gasteiger partial charge in [-0.1, -0.05) is 0 Å². The molecule has 0 spiro atoms. The summed E-state index contributed by atoms with van der Waals surface area (Å²) in [5.74, 6) is 1.68. The van der Waals surface area contributed by atoms with Gasteiger partial charge in [0.25, 0.3) is 0 Å².